The lowest BCUT2D eigenvalue weighted by atomic mass is 9.90. The van der Waals surface area contributed by atoms with Crippen LogP contribution in [-0.2, 0) is 0 Å². The average Bonchev–Trinajstić information content (AvgIpc) is 2.61. The third-order valence-corrected chi connectivity index (χ3v) is 7.68. The molecule has 0 nitrogen and oxygen atoms in total. The standard InChI is InChI=1S/C21H23F5I/c1-9(2)12-7-13(10(3)4)20(14(8-12)11(5)6)27-21-18(25)16(23)15(22)17(24)19(21)26/h7-11H,1-6H3/q+1. The van der Waals surface area contributed by atoms with Crippen LogP contribution in [0.15, 0.2) is 12.1 Å². The van der Waals surface area contributed by atoms with E-state index in [2.05, 4.69) is 13.8 Å². The van der Waals surface area contributed by atoms with Gasteiger partial charge in [0.2, 0.25) is 32.7 Å². The van der Waals surface area contributed by atoms with Gasteiger partial charge < -0.3 is 0 Å². The van der Waals surface area contributed by atoms with Crippen LogP contribution in [0.3, 0.4) is 0 Å². The van der Waals surface area contributed by atoms with Crippen LogP contribution in [0.4, 0.5) is 22.0 Å². The molecule has 0 radical (unpaired) electrons. The molecule has 0 N–H and O–H groups in total. The summed E-state index contributed by atoms with van der Waals surface area (Å²) >= 11 is -1.60. The molecule has 2 aromatic rings. The van der Waals surface area contributed by atoms with E-state index in [-0.39, 0.29) is 17.8 Å². The van der Waals surface area contributed by atoms with E-state index in [1.165, 1.54) is 0 Å². The van der Waals surface area contributed by atoms with E-state index in [0.29, 0.717) is 0 Å². The lowest BCUT2D eigenvalue weighted by molar-refractivity contribution is -0.605. The zero-order valence-corrected chi connectivity index (χ0v) is 18.3. The van der Waals surface area contributed by atoms with Gasteiger partial charge in [0.25, 0.3) is 3.57 Å². The highest BCUT2D eigenvalue weighted by atomic mass is 127. The lowest BCUT2D eigenvalue weighted by Gasteiger charge is -2.17. The third-order valence-electron chi connectivity index (χ3n) is 4.41. The molecule has 0 fully saturated rings. The minimum Gasteiger partial charge on any atom is -0.200 e. The van der Waals surface area contributed by atoms with Gasteiger partial charge in [-0.2, -0.15) is 8.78 Å². The van der Waals surface area contributed by atoms with Crippen LogP contribution in [-0.4, -0.2) is 0 Å². The Morgan fingerprint density at radius 3 is 1.26 bits per heavy atom. The Hall–Kier alpha value is -1.18. The van der Waals surface area contributed by atoms with Gasteiger partial charge in [0.15, 0.2) is 0 Å². The van der Waals surface area contributed by atoms with Crippen LogP contribution < -0.4 is 21.2 Å². The maximum atomic E-state index is 14.3. The van der Waals surface area contributed by atoms with Gasteiger partial charge in [-0.15, -0.1) is 0 Å². The van der Waals surface area contributed by atoms with E-state index < -0.39 is 53.9 Å². The van der Waals surface area contributed by atoms with Crippen molar-refractivity contribution in [3.63, 3.8) is 0 Å². The Labute approximate surface area is 167 Å². The SMILES string of the molecule is CC(C)c1cc(C(C)C)c([I+]c2c(F)c(F)c(F)c(F)c2F)c(C(C)C)c1. The minimum absolute atomic E-state index is 0.0668. The number of rotatable bonds is 5. The van der Waals surface area contributed by atoms with Crippen LogP contribution in [0.1, 0.15) is 76.0 Å². The molecule has 0 unspecified atom stereocenters. The van der Waals surface area contributed by atoms with Crippen LogP contribution in [0.5, 0.6) is 0 Å². The van der Waals surface area contributed by atoms with Crippen molar-refractivity contribution in [1.29, 1.82) is 0 Å². The average molecular weight is 497 g/mol. The fourth-order valence-electron chi connectivity index (χ4n) is 2.73. The highest BCUT2D eigenvalue weighted by Gasteiger charge is 2.38. The van der Waals surface area contributed by atoms with E-state index in [1.807, 2.05) is 39.8 Å². The normalized spacial score (nSPS) is 11.9. The number of hydrogen-bond donors (Lipinski definition) is 0. The second kappa shape index (κ2) is 8.45. The van der Waals surface area contributed by atoms with Crippen LogP contribution in [0.25, 0.3) is 0 Å². The smallest absolute Gasteiger partial charge is 0.200 e. The lowest BCUT2D eigenvalue weighted by Crippen LogP contribution is -3.62. The van der Waals surface area contributed by atoms with Gasteiger partial charge >= 0.3 is 21.2 Å². The summed E-state index contributed by atoms with van der Waals surface area (Å²) in [6, 6.07) is 4.00. The molecule has 0 aromatic heterocycles. The summed E-state index contributed by atoms with van der Waals surface area (Å²) in [6.45, 7) is 12.0. The largest absolute Gasteiger partial charge is 0.365 e. The monoisotopic (exact) mass is 497 g/mol. The number of hydrogen-bond acceptors (Lipinski definition) is 0. The third kappa shape index (κ3) is 4.30. The molecule has 2 aromatic carbocycles. The summed E-state index contributed by atoms with van der Waals surface area (Å²) < 4.78 is 69.3. The first-order valence-corrected chi connectivity index (χ1v) is 11.0. The van der Waals surface area contributed by atoms with Gasteiger partial charge in [-0.3, -0.25) is 0 Å². The van der Waals surface area contributed by atoms with Crippen molar-refractivity contribution >= 4 is 0 Å². The van der Waals surface area contributed by atoms with Gasteiger partial charge in [0, 0.05) is 11.1 Å². The molecule has 6 heteroatoms. The van der Waals surface area contributed by atoms with E-state index >= 15 is 0 Å². The summed E-state index contributed by atoms with van der Waals surface area (Å²) in [5.74, 6) is -8.89. The first-order chi connectivity index (χ1) is 12.5. The van der Waals surface area contributed by atoms with Crippen molar-refractivity contribution in [3.8, 4) is 0 Å². The first kappa shape index (κ1) is 22.1. The van der Waals surface area contributed by atoms with E-state index in [1.54, 1.807) is 0 Å². The second-order valence-electron chi connectivity index (χ2n) is 7.46. The van der Waals surface area contributed by atoms with Crippen molar-refractivity contribution in [2.24, 2.45) is 0 Å². The molecule has 0 heterocycles. The topological polar surface area (TPSA) is 0 Å². The van der Waals surface area contributed by atoms with E-state index in [9.17, 15) is 22.0 Å². The Kier molecular flexibility index (Phi) is 6.92. The predicted molar refractivity (Wildman–Crippen MR) is 92.3 cm³/mol. The Morgan fingerprint density at radius 2 is 0.926 bits per heavy atom. The molecule has 0 aliphatic heterocycles. The minimum atomic E-state index is -2.11. The quantitative estimate of drug-likeness (QED) is 0.255. The van der Waals surface area contributed by atoms with Gasteiger partial charge in [-0.05, 0) is 23.3 Å². The highest BCUT2D eigenvalue weighted by Crippen LogP contribution is 2.27. The van der Waals surface area contributed by atoms with Gasteiger partial charge in [-0.25, -0.2) is 13.2 Å². The summed E-state index contributed by atoms with van der Waals surface area (Å²) in [7, 11) is 0. The summed E-state index contributed by atoms with van der Waals surface area (Å²) in [6.07, 6.45) is 0. The van der Waals surface area contributed by atoms with E-state index in [0.717, 1.165) is 20.3 Å². The molecule has 2 rings (SSSR count). The fourth-order valence-corrected chi connectivity index (χ4v) is 6.40. The second-order valence-corrected chi connectivity index (χ2v) is 10.2. The van der Waals surface area contributed by atoms with Crippen LogP contribution >= 0.6 is 0 Å². The number of halogens is 6. The maximum Gasteiger partial charge on any atom is 0.365 e. The summed E-state index contributed by atoms with van der Waals surface area (Å²) in [5, 5.41) is 0. The zero-order chi connectivity index (χ0) is 20.6. The van der Waals surface area contributed by atoms with Gasteiger partial charge in [-0.1, -0.05) is 53.7 Å². The van der Waals surface area contributed by atoms with Gasteiger partial charge in [0.05, 0.1) is 0 Å². The Balaban J connectivity index is 2.76. The predicted octanol–water partition coefficient (Wildman–Crippen LogP) is 3.88. The van der Waals surface area contributed by atoms with Crippen molar-refractivity contribution in [1.82, 2.24) is 0 Å². The molecule has 0 atom stereocenters. The maximum absolute atomic E-state index is 14.3. The molecule has 27 heavy (non-hydrogen) atoms. The van der Waals surface area contributed by atoms with Crippen molar-refractivity contribution < 1.29 is 43.2 Å². The molecule has 0 amide bonds. The van der Waals surface area contributed by atoms with Crippen LogP contribution in [0, 0.1) is 36.2 Å². The first-order valence-electron chi connectivity index (χ1n) is 8.81. The molecule has 0 bridgehead atoms. The zero-order valence-electron chi connectivity index (χ0n) is 16.2. The molecular formula is C21H23F5I+. The van der Waals surface area contributed by atoms with Crippen molar-refractivity contribution in [2.45, 2.75) is 59.3 Å². The Morgan fingerprint density at radius 1 is 0.556 bits per heavy atom. The highest BCUT2D eigenvalue weighted by molar-refractivity contribution is 5.35. The molecule has 0 saturated carbocycles. The molecule has 0 saturated heterocycles. The summed E-state index contributed by atoms with van der Waals surface area (Å²) in [4.78, 5) is 0. The Bertz CT molecular complexity index is 798. The van der Waals surface area contributed by atoms with Crippen molar-refractivity contribution in [2.75, 3.05) is 0 Å². The fraction of sp³-hybridized carbons (Fsp3) is 0.429. The van der Waals surface area contributed by atoms with E-state index in [4.69, 9.17) is 0 Å². The van der Waals surface area contributed by atoms with Gasteiger partial charge in [0.1, 0.15) is 0 Å². The molecule has 148 valence electrons. The molecular weight excluding hydrogens is 474 g/mol. The summed E-state index contributed by atoms with van der Waals surface area (Å²) in [5.41, 5.74) is 2.94. The molecule has 0 aliphatic carbocycles. The van der Waals surface area contributed by atoms with Crippen molar-refractivity contribution in [3.05, 3.63) is 65.0 Å². The van der Waals surface area contributed by atoms with Crippen LogP contribution in [0.2, 0.25) is 0 Å². The molecule has 0 aliphatic rings. The molecule has 0 spiro atoms. The number of benzene rings is 2.